The number of phenolic OH excluding ortho intramolecular Hbond substituents is 1. The van der Waals surface area contributed by atoms with Crippen LogP contribution in [0.15, 0.2) is 46.9 Å². The number of hydrogen-bond acceptors (Lipinski definition) is 4. The van der Waals surface area contributed by atoms with Crippen LogP contribution in [0.1, 0.15) is 0 Å². The van der Waals surface area contributed by atoms with Gasteiger partial charge in [0.25, 0.3) is 5.69 Å². The fraction of sp³-hybridized carbons (Fsp3) is 0. The standard InChI is InChI=1S/C12H8BrNO4/c13-10-2-1-3-11(15)12(10)18-9-6-4-8(5-7-9)14(16)17/h1-7,15H. The Morgan fingerprint density at radius 1 is 1.17 bits per heavy atom. The summed E-state index contributed by atoms with van der Waals surface area (Å²) in [6.45, 7) is 0. The van der Waals surface area contributed by atoms with Gasteiger partial charge in [-0.1, -0.05) is 6.07 Å². The van der Waals surface area contributed by atoms with E-state index in [0.717, 1.165) is 0 Å². The van der Waals surface area contributed by atoms with Crippen LogP contribution in [-0.4, -0.2) is 10.0 Å². The van der Waals surface area contributed by atoms with Gasteiger partial charge in [0.15, 0.2) is 11.5 Å². The number of rotatable bonds is 3. The molecule has 0 atom stereocenters. The lowest BCUT2D eigenvalue weighted by Crippen LogP contribution is -1.89. The summed E-state index contributed by atoms with van der Waals surface area (Å²) in [6, 6.07) is 10.5. The first-order valence-corrected chi connectivity index (χ1v) is 5.77. The first-order chi connectivity index (χ1) is 8.58. The van der Waals surface area contributed by atoms with E-state index < -0.39 is 4.92 Å². The number of benzene rings is 2. The summed E-state index contributed by atoms with van der Waals surface area (Å²) in [6.07, 6.45) is 0. The lowest BCUT2D eigenvalue weighted by atomic mass is 10.3. The second-order valence-electron chi connectivity index (χ2n) is 3.44. The van der Waals surface area contributed by atoms with Crippen LogP contribution < -0.4 is 4.74 Å². The number of nitro benzene ring substituents is 1. The van der Waals surface area contributed by atoms with Gasteiger partial charge >= 0.3 is 0 Å². The number of non-ortho nitro benzene ring substituents is 1. The van der Waals surface area contributed by atoms with Gasteiger partial charge in [0.05, 0.1) is 9.40 Å². The van der Waals surface area contributed by atoms with Gasteiger partial charge in [-0.05, 0) is 40.2 Å². The second-order valence-corrected chi connectivity index (χ2v) is 4.30. The zero-order valence-electron chi connectivity index (χ0n) is 9.04. The molecule has 6 heteroatoms. The molecule has 0 fully saturated rings. The summed E-state index contributed by atoms with van der Waals surface area (Å²) in [4.78, 5) is 10.0. The third kappa shape index (κ3) is 2.60. The quantitative estimate of drug-likeness (QED) is 0.690. The van der Waals surface area contributed by atoms with E-state index in [0.29, 0.717) is 10.2 Å². The minimum Gasteiger partial charge on any atom is -0.504 e. The van der Waals surface area contributed by atoms with Crippen molar-refractivity contribution in [1.29, 1.82) is 0 Å². The van der Waals surface area contributed by atoms with Crippen molar-refractivity contribution in [3.63, 3.8) is 0 Å². The zero-order valence-corrected chi connectivity index (χ0v) is 10.6. The molecular formula is C12H8BrNO4. The average molecular weight is 310 g/mol. The molecule has 0 spiro atoms. The van der Waals surface area contributed by atoms with Crippen LogP contribution >= 0.6 is 15.9 Å². The van der Waals surface area contributed by atoms with E-state index in [9.17, 15) is 15.2 Å². The van der Waals surface area contributed by atoms with E-state index in [4.69, 9.17) is 4.74 Å². The van der Waals surface area contributed by atoms with Gasteiger partial charge in [0.2, 0.25) is 0 Å². The van der Waals surface area contributed by atoms with Crippen LogP contribution in [0.2, 0.25) is 0 Å². The molecule has 0 aromatic heterocycles. The Morgan fingerprint density at radius 2 is 1.83 bits per heavy atom. The molecule has 0 radical (unpaired) electrons. The molecule has 5 nitrogen and oxygen atoms in total. The molecule has 0 bridgehead atoms. The lowest BCUT2D eigenvalue weighted by molar-refractivity contribution is -0.384. The Balaban J connectivity index is 2.26. The predicted molar refractivity (Wildman–Crippen MR) is 69.0 cm³/mol. The molecule has 2 aromatic carbocycles. The first kappa shape index (κ1) is 12.4. The fourth-order valence-electron chi connectivity index (χ4n) is 1.35. The lowest BCUT2D eigenvalue weighted by Gasteiger charge is -2.08. The molecule has 1 N–H and O–H groups in total. The molecule has 18 heavy (non-hydrogen) atoms. The highest BCUT2D eigenvalue weighted by atomic mass is 79.9. The second kappa shape index (κ2) is 5.05. The molecular weight excluding hydrogens is 302 g/mol. The maximum atomic E-state index is 10.5. The minimum atomic E-state index is -0.486. The SMILES string of the molecule is O=[N+]([O-])c1ccc(Oc2c(O)cccc2Br)cc1. The van der Waals surface area contributed by atoms with Gasteiger partial charge in [-0.3, -0.25) is 10.1 Å². The number of nitrogens with zero attached hydrogens (tertiary/aromatic N) is 1. The minimum absolute atomic E-state index is 0.0114. The summed E-state index contributed by atoms with van der Waals surface area (Å²) < 4.78 is 6.05. The van der Waals surface area contributed by atoms with Crippen LogP contribution in [0.4, 0.5) is 5.69 Å². The number of para-hydroxylation sites is 1. The molecule has 0 heterocycles. The molecule has 2 aromatic rings. The van der Waals surface area contributed by atoms with Crippen LogP contribution in [0, 0.1) is 10.1 Å². The van der Waals surface area contributed by atoms with Crippen molar-refractivity contribution >= 4 is 21.6 Å². The first-order valence-electron chi connectivity index (χ1n) is 4.97. The van der Waals surface area contributed by atoms with Gasteiger partial charge < -0.3 is 9.84 Å². The Morgan fingerprint density at radius 3 is 2.39 bits per heavy atom. The smallest absolute Gasteiger partial charge is 0.269 e. The zero-order chi connectivity index (χ0) is 13.1. The third-order valence-corrected chi connectivity index (χ3v) is 2.84. The average Bonchev–Trinajstić information content (AvgIpc) is 2.34. The molecule has 0 aliphatic heterocycles. The van der Waals surface area contributed by atoms with Crippen molar-refractivity contribution < 1.29 is 14.8 Å². The molecule has 0 saturated carbocycles. The van der Waals surface area contributed by atoms with Crippen LogP contribution in [-0.2, 0) is 0 Å². The van der Waals surface area contributed by atoms with Crippen molar-refractivity contribution in [1.82, 2.24) is 0 Å². The van der Waals surface area contributed by atoms with Gasteiger partial charge in [0.1, 0.15) is 5.75 Å². The Kier molecular flexibility index (Phi) is 3.47. The van der Waals surface area contributed by atoms with Crippen molar-refractivity contribution in [3.8, 4) is 17.2 Å². The molecule has 0 aliphatic rings. The number of halogens is 1. The maximum absolute atomic E-state index is 10.5. The van der Waals surface area contributed by atoms with Gasteiger partial charge in [-0.25, -0.2) is 0 Å². The van der Waals surface area contributed by atoms with Crippen molar-refractivity contribution in [2.45, 2.75) is 0 Å². The van der Waals surface area contributed by atoms with Crippen molar-refractivity contribution in [2.75, 3.05) is 0 Å². The number of aromatic hydroxyl groups is 1. The summed E-state index contributed by atoms with van der Waals surface area (Å²) in [5.74, 6) is 0.664. The summed E-state index contributed by atoms with van der Waals surface area (Å²) in [7, 11) is 0. The topological polar surface area (TPSA) is 72.6 Å². The fourth-order valence-corrected chi connectivity index (χ4v) is 1.79. The Labute approximate surface area is 111 Å². The van der Waals surface area contributed by atoms with Gasteiger partial charge in [-0.2, -0.15) is 0 Å². The molecule has 0 saturated heterocycles. The number of phenols is 1. The Hall–Kier alpha value is -2.08. The van der Waals surface area contributed by atoms with Gasteiger partial charge in [0, 0.05) is 12.1 Å². The molecule has 0 aliphatic carbocycles. The molecule has 0 amide bonds. The number of nitro groups is 1. The third-order valence-electron chi connectivity index (χ3n) is 2.21. The highest BCUT2D eigenvalue weighted by Crippen LogP contribution is 2.37. The summed E-state index contributed by atoms with van der Waals surface area (Å²) >= 11 is 3.25. The molecule has 0 unspecified atom stereocenters. The highest BCUT2D eigenvalue weighted by Gasteiger charge is 2.10. The van der Waals surface area contributed by atoms with E-state index >= 15 is 0 Å². The maximum Gasteiger partial charge on any atom is 0.269 e. The number of ether oxygens (including phenoxy) is 1. The van der Waals surface area contributed by atoms with Crippen LogP contribution in [0.5, 0.6) is 17.2 Å². The van der Waals surface area contributed by atoms with E-state index in [1.54, 1.807) is 12.1 Å². The van der Waals surface area contributed by atoms with Gasteiger partial charge in [-0.15, -0.1) is 0 Å². The molecule has 2 rings (SSSR count). The summed E-state index contributed by atoms with van der Waals surface area (Å²) in [5, 5.41) is 20.1. The predicted octanol–water partition coefficient (Wildman–Crippen LogP) is 3.86. The largest absolute Gasteiger partial charge is 0.504 e. The van der Waals surface area contributed by atoms with Crippen LogP contribution in [0.25, 0.3) is 0 Å². The number of hydrogen-bond donors (Lipinski definition) is 1. The van der Waals surface area contributed by atoms with E-state index in [1.807, 2.05) is 0 Å². The van der Waals surface area contributed by atoms with Crippen molar-refractivity contribution in [2.24, 2.45) is 0 Å². The molecule has 92 valence electrons. The monoisotopic (exact) mass is 309 g/mol. The van der Waals surface area contributed by atoms with E-state index in [1.165, 1.54) is 30.3 Å². The van der Waals surface area contributed by atoms with E-state index in [-0.39, 0.29) is 17.2 Å². The normalized spacial score (nSPS) is 10.1. The van der Waals surface area contributed by atoms with Crippen molar-refractivity contribution in [3.05, 3.63) is 57.1 Å². The van der Waals surface area contributed by atoms with Crippen LogP contribution in [0.3, 0.4) is 0 Å². The highest BCUT2D eigenvalue weighted by molar-refractivity contribution is 9.10. The van der Waals surface area contributed by atoms with E-state index in [2.05, 4.69) is 15.9 Å². The Bertz CT molecular complexity index is 563. The summed E-state index contributed by atoms with van der Waals surface area (Å²) in [5.41, 5.74) is -0.0151.